The third kappa shape index (κ3) is 4.04. The van der Waals surface area contributed by atoms with E-state index >= 15 is 0 Å². The summed E-state index contributed by atoms with van der Waals surface area (Å²) in [5.74, 6) is 0.192. The van der Waals surface area contributed by atoms with Crippen molar-refractivity contribution in [3.63, 3.8) is 0 Å². The van der Waals surface area contributed by atoms with E-state index in [0.717, 1.165) is 31.2 Å². The van der Waals surface area contributed by atoms with Crippen molar-refractivity contribution in [3.05, 3.63) is 52.8 Å². The van der Waals surface area contributed by atoms with Crippen LogP contribution in [0.3, 0.4) is 0 Å². The van der Waals surface area contributed by atoms with E-state index in [1.807, 2.05) is 23.1 Å². The molecule has 0 atom stereocenters. The molecule has 1 aliphatic carbocycles. The molecule has 7 heteroatoms. The Kier molecular flexibility index (Phi) is 5.38. The van der Waals surface area contributed by atoms with Gasteiger partial charge in [0.2, 0.25) is 6.79 Å². The van der Waals surface area contributed by atoms with Crippen LogP contribution in [0.25, 0.3) is 0 Å². The number of pyridine rings is 1. The quantitative estimate of drug-likeness (QED) is 0.827. The second-order valence-electron chi connectivity index (χ2n) is 7.55. The van der Waals surface area contributed by atoms with Crippen LogP contribution in [0.2, 0.25) is 0 Å². The lowest BCUT2D eigenvalue weighted by atomic mass is 9.93. The van der Waals surface area contributed by atoms with Crippen molar-refractivity contribution in [3.8, 4) is 11.5 Å². The van der Waals surface area contributed by atoms with Crippen LogP contribution in [0.5, 0.6) is 11.5 Å². The predicted octanol–water partition coefficient (Wildman–Crippen LogP) is 3.79. The van der Waals surface area contributed by atoms with Crippen molar-refractivity contribution in [2.45, 2.75) is 51.6 Å². The fourth-order valence-electron chi connectivity index (χ4n) is 4.05. The molecule has 0 unspecified atom stereocenters. The Bertz CT molecular complexity index is 937. The van der Waals surface area contributed by atoms with Crippen LogP contribution in [0.4, 0.5) is 0 Å². The molecule has 2 heterocycles. The highest BCUT2D eigenvalue weighted by Crippen LogP contribution is 2.34. The zero-order chi connectivity index (χ0) is 20.4. The van der Waals surface area contributed by atoms with Crippen LogP contribution in [0, 0.1) is 6.92 Å². The number of aryl methyl sites for hydroxylation is 1. The summed E-state index contributed by atoms with van der Waals surface area (Å²) in [6, 6.07) is 8.83. The van der Waals surface area contributed by atoms with E-state index in [0.29, 0.717) is 23.7 Å². The first kappa shape index (κ1) is 19.2. The monoisotopic (exact) mass is 396 g/mol. The summed E-state index contributed by atoms with van der Waals surface area (Å²) < 4.78 is 10.8. The summed E-state index contributed by atoms with van der Waals surface area (Å²) in [4.78, 5) is 30.8. The first-order chi connectivity index (χ1) is 14.0. The van der Waals surface area contributed by atoms with E-state index in [2.05, 4.69) is 4.98 Å². The molecule has 7 nitrogen and oxygen atoms in total. The molecule has 152 valence electrons. The van der Waals surface area contributed by atoms with Gasteiger partial charge in [-0.3, -0.25) is 4.79 Å². The van der Waals surface area contributed by atoms with Crippen LogP contribution in [-0.4, -0.2) is 39.7 Å². The maximum Gasteiger partial charge on any atom is 0.337 e. The summed E-state index contributed by atoms with van der Waals surface area (Å²) in [5.41, 5.74) is 1.70. The minimum atomic E-state index is -1.04. The second kappa shape index (κ2) is 8.11. The van der Waals surface area contributed by atoms with E-state index in [1.165, 1.54) is 18.6 Å². The van der Waals surface area contributed by atoms with Gasteiger partial charge in [-0.25, -0.2) is 9.78 Å². The third-order valence-corrected chi connectivity index (χ3v) is 5.60. The number of amides is 1. The molecule has 29 heavy (non-hydrogen) atoms. The Morgan fingerprint density at radius 1 is 1.10 bits per heavy atom. The van der Waals surface area contributed by atoms with Crippen molar-refractivity contribution < 1.29 is 24.2 Å². The maximum atomic E-state index is 13.4. The molecule has 1 fully saturated rings. The molecule has 1 saturated carbocycles. The van der Waals surface area contributed by atoms with Gasteiger partial charge in [0.25, 0.3) is 5.91 Å². The highest BCUT2D eigenvalue weighted by Gasteiger charge is 2.28. The fourth-order valence-corrected chi connectivity index (χ4v) is 4.05. The van der Waals surface area contributed by atoms with Crippen LogP contribution in [-0.2, 0) is 6.54 Å². The van der Waals surface area contributed by atoms with Crippen molar-refractivity contribution in [1.29, 1.82) is 0 Å². The van der Waals surface area contributed by atoms with Gasteiger partial charge in [-0.05, 0) is 49.6 Å². The number of fused-ring (bicyclic) bond motifs is 1. The smallest absolute Gasteiger partial charge is 0.337 e. The lowest BCUT2D eigenvalue weighted by molar-refractivity contribution is 0.0605. The van der Waals surface area contributed by atoms with E-state index in [4.69, 9.17) is 9.47 Å². The Labute approximate surface area is 169 Å². The second-order valence-corrected chi connectivity index (χ2v) is 7.55. The fraction of sp³-hybridized carbons (Fsp3) is 0.409. The summed E-state index contributed by atoms with van der Waals surface area (Å²) in [6.07, 6.45) is 5.30. The molecular formula is C22H24N2O5. The van der Waals surface area contributed by atoms with E-state index in [9.17, 15) is 14.7 Å². The number of aromatic nitrogens is 1. The van der Waals surface area contributed by atoms with Crippen molar-refractivity contribution in [1.82, 2.24) is 9.88 Å². The zero-order valence-electron chi connectivity index (χ0n) is 16.4. The summed E-state index contributed by atoms with van der Waals surface area (Å²) in [5, 5.41) is 9.22. The Morgan fingerprint density at radius 2 is 1.86 bits per heavy atom. The van der Waals surface area contributed by atoms with Gasteiger partial charge in [0, 0.05) is 12.6 Å². The molecule has 1 aromatic carbocycles. The van der Waals surface area contributed by atoms with E-state index < -0.39 is 5.97 Å². The maximum absolute atomic E-state index is 13.4. The summed E-state index contributed by atoms with van der Waals surface area (Å²) in [7, 11) is 0. The number of aromatic carboxylic acids is 1. The highest BCUT2D eigenvalue weighted by molar-refractivity contribution is 5.94. The van der Waals surface area contributed by atoms with Gasteiger partial charge in [0.15, 0.2) is 11.5 Å². The standard InChI is InChI=1S/C22H24N2O5/c1-14-17(22(26)27)8-9-18(23-14)21(25)24(16-5-3-2-4-6-16)12-15-7-10-19-20(11-15)29-13-28-19/h7-11,16H,2-6,12-13H2,1H3,(H,26,27). The van der Waals surface area contributed by atoms with Crippen LogP contribution >= 0.6 is 0 Å². The van der Waals surface area contributed by atoms with Gasteiger partial charge in [-0.2, -0.15) is 0 Å². The van der Waals surface area contributed by atoms with Gasteiger partial charge in [-0.15, -0.1) is 0 Å². The van der Waals surface area contributed by atoms with Crippen LogP contribution in [0.15, 0.2) is 30.3 Å². The van der Waals surface area contributed by atoms with Crippen LogP contribution in [0.1, 0.15) is 64.2 Å². The van der Waals surface area contributed by atoms with Gasteiger partial charge in [-0.1, -0.05) is 25.3 Å². The number of carbonyl (C=O) groups is 2. The SMILES string of the molecule is Cc1nc(C(=O)N(Cc2ccc3c(c2)OCO3)C2CCCCC2)ccc1C(=O)O. The van der Waals surface area contributed by atoms with Gasteiger partial charge < -0.3 is 19.5 Å². The van der Waals surface area contributed by atoms with Gasteiger partial charge >= 0.3 is 5.97 Å². The predicted molar refractivity (Wildman–Crippen MR) is 105 cm³/mol. The summed E-state index contributed by atoms with van der Waals surface area (Å²) >= 11 is 0. The van der Waals surface area contributed by atoms with E-state index in [1.54, 1.807) is 6.92 Å². The number of carbonyl (C=O) groups excluding carboxylic acids is 1. The van der Waals surface area contributed by atoms with Crippen molar-refractivity contribution in [2.24, 2.45) is 0 Å². The first-order valence-corrected chi connectivity index (χ1v) is 9.93. The third-order valence-electron chi connectivity index (χ3n) is 5.60. The number of carboxylic acid groups (broad SMARTS) is 1. The highest BCUT2D eigenvalue weighted by atomic mass is 16.7. The zero-order valence-corrected chi connectivity index (χ0v) is 16.4. The molecule has 1 amide bonds. The average molecular weight is 396 g/mol. The molecule has 0 bridgehead atoms. The average Bonchev–Trinajstić information content (AvgIpc) is 3.19. The number of rotatable bonds is 5. The molecule has 0 spiro atoms. The number of nitrogens with zero attached hydrogens (tertiary/aromatic N) is 2. The molecule has 2 aliphatic rings. The molecule has 4 rings (SSSR count). The largest absolute Gasteiger partial charge is 0.478 e. The minimum absolute atomic E-state index is 0.113. The normalized spacial score (nSPS) is 15.9. The number of carboxylic acids is 1. The van der Waals surface area contributed by atoms with Gasteiger partial charge in [0.05, 0.1) is 11.3 Å². The molecule has 0 radical (unpaired) electrons. The Balaban J connectivity index is 1.62. The number of ether oxygens (including phenoxy) is 2. The molecule has 1 aromatic heterocycles. The molecule has 0 saturated heterocycles. The minimum Gasteiger partial charge on any atom is -0.478 e. The van der Waals surface area contributed by atoms with Gasteiger partial charge in [0.1, 0.15) is 5.69 Å². The first-order valence-electron chi connectivity index (χ1n) is 9.93. The summed E-state index contributed by atoms with van der Waals surface area (Å²) in [6.45, 7) is 2.27. The lowest BCUT2D eigenvalue weighted by Gasteiger charge is -2.34. The molecule has 2 aromatic rings. The molecule has 1 N–H and O–H groups in total. The van der Waals surface area contributed by atoms with E-state index in [-0.39, 0.29) is 30.0 Å². The van der Waals surface area contributed by atoms with Crippen LogP contribution < -0.4 is 9.47 Å². The van der Waals surface area contributed by atoms with Crippen molar-refractivity contribution in [2.75, 3.05) is 6.79 Å². The lowest BCUT2D eigenvalue weighted by Crippen LogP contribution is -2.41. The number of benzene rings is 1. The number of hydrogen-bond donors (Lipinski definition) is 1. The molecular weight excluding hydrogens is 372 g/mol. The van der Waals surface area contributed by atoms with Crippen molar-refractivity contribution >= 4 is 11.9 Å². The topological polar surface area (TPSA) is 89.0 Å². The molecule has 1 aliphatic heterocycles. The Hall–Kier alpha value is -3.09. The number of hydrogen-bond acceptors (Lipinski definition) is 5. The Morgan fingerprint density at radius 3 is 2.59 bits per heavy atom.